The van der Waals surface area contributed by atoms with Crippen LogP contribution >= 0.6 is 0 Å². The molecule has 4 heteroatoms. The molecule has 0 aliphatic rings. The first kappa shape index (κ1) is 14.0. The SMILES string of the molecule is C=CCNC(=O)CC(C(=O)O)c1ccccc1C. The number of carboxylic acids is 1. The van der Waals surface area contributed by atoms with Crippen molar-refractivity contribution in [3.05, 3.63) is 48.0 Å². The van der Waals surface area contributed by atoms with E-state index in [4.69, 9.17) is 0 Å². The summed E-state index contributed by atoms with van der Waals surface area (Å²) >= 11 is 0. The summed E-state index contributed by atoms with van der Waals surface area (Å²) in [6.45, 7) is 5.67. The van der Waals surface area contributed by atoms with Crippen molar-refractivity contribution in [2.24, 2.45) is 0 Å². The number of carbonyl (C=O) groups excluding carboxylic acids is 1. The average molecular weight is 247 g/mol. The van der Waals surface area contributed by atoms with Crippen LogP contribution in [0.25, 0.3) is 0 Å². The van der Waals surface area contributed by atoms with E-state index >= 15 is 0 Å². The van der Waals surface area contributed by atoms with Crippen LogP contribution in [-0.2, 0) is 9.59 Å². The van der Waals surface area contributed by atoms with Gasteiger partial charge in [0.15, 0.2) is 0 Å². The van der Waals surface area contributed by atoms with Crippen LogP contribution in [0.15, 0.2) is 36.9 Å². The topological polar surface area (TPSA) is 66.4 Å². The lowest BCUT2D eigenvalue weighted by Crippen LogP contribution is -2.27. The van der Waals surface area contributed by atoms with E-state index in [1.165, 1.54) is 0 Å². The highest BCUT2D eigenvalue weighted by atomic mass is 16.4. The van der Waals surface area contributed by atoms with Crippen molar-refractivity contribution in [3.63, 3.8) is 0 Å². The minimum atomic E-state index is -0.988. The van der Waals surface area contributed by atoms with Gasteiger partial charge in [0.1, 0.15) is 0 Å². The quantitative estimate of drug-likeness (QED) is 0.754. The van der Waals surface area contributed by atoms with E-state index in [0.29, 0.717) is 12.1 Å². The van der Waals surface area contributed by atoms with Crippen molar-refractivity contribution in [2.75, 3.05) is 6.54 Å². The fourth-order valence-electron chi connectivity index (χ4n) is 1.75. The third-order valence-electron chi connectivity index (χ3n) is 2.70. The van der Waals surface area contributed by atoms with E-state index in [9.17, 15) is 14.7 Å². The van der Waals surface area contributed by atoms with Crippen LogP contribution < -0.4 is 5.32 Å². The average Bonchev–Trinajstić information content (AvgIpc) is 2.34. The lowest BCUT2D eigenvalue weighted by molar-refractivity contribution is -0.140. The third-order valence-corrected chi connectivity index (χ3v) is 2.70. The highest BCUT2D eigenvalue weighted by molar-refractivity contribution is 5.86. The van der Waals surface area contributed by atoms with Gasteiger partial charge in [0, 0.05) is 13.0 Å². The molecule has 0 aliphatic carbocycles. The van der Waals surface area contributed by atoms with E-state index in [2.05, 4.69) is 11.9 Å². The van der Waals surface area contributed by atoms with Crippen LogP contribution in [-0.4, -0.2) is 23.5 Å². The number of aliphatic carboxylic acids is 1. The number of benzene rings is 1. The zero-order valence-electron chi connectivity index (χ0n) is 10.3. The van der Waals surface area contributed by atoms with Crippen molar-refractivity contribution in [3.8, 4) is 0 Å². The molecular formula is C14H17NO3. The van der Waals surface area contributed by atoms with Crippen LogP contribution in [0.4, 0.5) is 0 Å². The zero-order chi connectivity index (χ0) is 13.5. The fraction of sp³-hybridized carbons (Fsp3) is 0.286. The van der Waals surface area contributed by atoms with Crippen molar-refractivity contribution in [2.45, 2.75) is 19.3 Å². The lowest BCUT2D eigenvalue weighted by atomic mass is 9.92. The normalized spacial score (nSPS) is 11.6. The van der Waals surface area contributed by atoms with Crippen molar-refractivity contribution < 1.29 is 14.7 Å². The Labute approximate surface area is 106 Å². The molecule has 1 unspecified atom stereocenters. The summed E-state index contributed by atoms with van der Waals surface area (Å²) in [5.41, 5.74) is 1.56. The standard InChI is InChI=1S/C14H17NO3/c1-3-8-15-13(16)9-12(14(17)18)11-7-5-4-6-10(11)2/h3-7,12H,1,8-9H2,2H3,(H,15,16)(H,17,18). The molecule has 0 fully saturated rings. The van der Waals surface area contributed by atoms with Crippen molar-refractivity contribution in [1.82, 2.24) is 5.32 Å². The minimum Gasteiger partial charge on any atom is -0.481 e. The largest absolute Gasteiger partial charge is 0.481 e. The van der Waals surface area contributed by atoms with Gasteiger partial charge in [0.25, 0.3) is 0 Å². The molecule has 1 atom stereocenters. The Bertz CT molecular complexity index is 454. The number of rotatable bonds is 6. The molecule has 1 amide bonds. The Kier molecular flexibility index (Phi) is 5.11. The molecular weight excluding hydrogens is 230 g/mol. The molecule has 0 saturated carbocycles. The highest BCUT2D eigenvalue weighted by Crippen LogP contribution is 2.23. The number of amides is 1. The first-order valence-electron chi connectivity index (χ1n) is 5.72. The lowest BCUT2D eigenvalue weighted by Gasteiger charge is -2.14. The minimum absolute atomic E-state index is 0.0615. The number of carboxylic acid groups (broad SMARTS) is 1. The summed E-state index contributed by atoms with van der Waals surface area (Å²) in [4.78, 5) is 22.8. The molecule has 96 valence electrons. The van der Waals surface area contributed by atoms with E-state index in [1.807, 2.05) is 19.1 Å². The first-order valence-corrected chi connectivity index (χ1v) is 5.72. The van der Waals surface area contributed by atoms with Gasteiger partial charge < -0.3 is 10.4 Å². The van der Waals surface area contributed by atoms with Crippen LogP contribution in [0.2, 0.25) is 0 Å². The molecule has 0 saturated heterocycles. The maximum atomic E-state index is 11.6. The van der Waals surface area contributed by atoms with Gasteiger partial charge in [-0.2, -0.15) is 0 Å². The monoisotopic (exact) mass is 247 g/mol. The molecule has 1 aromatic rings. The number of carbonyl (C=O) groups is 2. The maximum absolute atomic E-state index is 11.6. The van der Waals surface area contributed by atoms with Gasteiger partial charge >= 0.3 is 5.97 Å². The van der Waals surface area contributed by atoms with Crippen LogP contribution in [0, 0.1) is 6.92 Å². The molecule has 0 bridgehead atoms. The second-order valence-corrected chi connectivity index (χ2v) is 4.04. The highest BCUT2D eigenvalue weighted by Gasteiger charge is 2.24. The van der Waals surface area contributed by atoms with Gasteiger partial charge in [-0.15, -0.1) is 6.58 Å². The second kappa shape index (κ2) is 6.59. The predicted molar refractivity (Wildman–Crippen MR) is 69.4 cm³/mol. The van der Waals surface area contributed by atoms with Gasteiger partial charge in [-0.25, -0.2) is 0 Å². The number of nitrogens with one attached hydrogen (secondary N) is 1. The second-order valence-electron chi connectivity index (χ2n) is 4.04. The predicted octanol–water partition coefficient (Wildman–Crippen LogP) is 1.86. The van der Waals surface area contributed by atoms with Gasteiger partial charge in [0.05, 0.1) is 5.92 Å². The molecule has 1 rings (SSSR count). The number of aryl methyl sites for hydroxylation is 1. The Morgan fingerprint density at radius 3 is 2.67 bits per heavy atom. The van der Waals surface area contributed by atoms with Crippen molar-refractivity contribution in [1.29, 1.82) is 0 Å². The molecule has 0 heterocycles. The molecule has 0 aliphatic heterocycles. The maximum Gasteiger partial charge on any atom is 0.311 e. The summed E-state index contributed by atoms with van der Waals surface area (Å²) in [6, 6.07) is 7.21. The van der Waals surface area contributed by atoms with Gasteiger partial charge in [-0.1, -0.05) is 30.3 Å². The number of hydrogen-bond donors (Lipinski definition) is 2. The summed E-state index contributed by atoms with van der Waals surface area (Å²) < 4.78 is 0. The van der Waals surface area contributed by atoms with E-state index in [0.717, 1.165) is 5.56 Å². The van der Waals surface area contributed by atoms with Gasteiger partial charge in [0.2, 0.25) is 5.91 Å². The summed E-state index contributed by atoms with van der Waals surface area (Å²) in [6.07, 6.45) is 1.50. The molecule has 2 N–H and O–H groups in total. The molecule has 18 heavy (non-hydrogen) atoms. The molecule has 1 aromatic carbocycles. The summed E-state index contributed by atoms with van der Waals surface area (Å²) in [5.74, 6) is -2.08. The van der Waals surface area contributed by atoms with Crippen LogP contribution in [0.3, 0.4) is 0 Å². The van der Waals surface area contributed by atoms with Gasteiger partial charge in [-0.05, 0) is 18.1 Å². The Hall–Kier alpha value is -2.10. The summed E-state index contributed by atoms with van der Waals surface area (Å²) in [5, 5.41) is 11.8. The van der Waals surface area contributed by atoms with Crippen LogP contribution in [0.1, 0.15) is 23.5 Å². The summed E-state index contributed by atoms with van der Waals surface area (Å²) in [7, 11) is 0. The van der Waals surface area contributed by atoms with Crippen LogP contribution in [0.5, 0.6) is 0 Å². The van der Waals surface area contributed by atoms with E-state index in [1.54, 1.807) is 18.2 Å². The van der Waals surface area contributed by atoms with E-state index < -0.39 is 11.9 Å². The number of hydrogen-bond acceptors (Lipinski definition) is 2. The smallest absolute Gasteiger partial charge is 0.311 e. The van der Waals surface area contributed by atoms with Crippen molar-refractivity contribution >= 4 is 11.9 Å². The first-order chi connectivity index (χ1) is 8.56. The van der Waals surface area contributed by atoms with Gasteiger partial charge in [-0.3, -0.25) is 9.59 Å². The Morgan fingerprint density at radius 1 is 1.44 bits per heavy atom. The Morgan fingerprint density at radius 2 is 2.11 bits per heavy atom. The third kappa shape index (κ3) is 3.73. The van der Waals surface area contributed by atoms with E-state index in [-0.39, 0.29) is 12.3 Å². The Balaban J connectivity index is 2.84. The molecule has 0 spiro atoms. The molecule has 4 nitrogen and oxygen atoms in total. The molecule has 0 aromatic heterocycles. The molecule has 0 radical (unpaired) electrons. The zero-order valence-corrected chi connectivity index (χ0v) is 10.3. The fourth-order valence-corrected chi connectivity index (χ4v) is 1.75.